The van der Waals surface area contributed by atoms with Crippen molar-refractivity contribution in [1.29, 1.82) is 0 Å². The molecular formula is C11H16N4. The molecule has 80 valence electrons. The van der Waals surface area contributed by atoms with Crippen molar-refractivity contribution >= 4 is 0 Å². The van der Waals surface area contributed by atoms with E-state index in [2.05, 4.69) is 23.4 Å². The van der Waals surface area contributed by atoms with E-state index in [4.69, 9.17) is 5.73 Å². The highest BCUT2D eigenvalue weighted by Crippen LogP contribution is 2.19. The third kappa shape index (κ3) is 1.94. The number of aryl methyl sites for hydroxylation is 2. The molecule has 15 heavy (non-hydrogen) atoms. The molecule has 2 N–H and O–H groups in total. The third-order valence-corrected chi connectivity index (χ3v) is 2.46. The fourth-order valence-electron chi connectivity index (χ4n) is 1.72. The standard InChI is InChI=1S/C11H16N4/c1-14-6-4-9(8-14)11-7-10(3-5-12)13-15(11)2/h4,6-8H,3,5,12H2,1-2H3. The Balaban J connectivity index is 2.35. The lowest BCUT2D eigenvalue weighted by Crippen LogP contribution is -2.03. The molecule has 2 aromatic heterocycles. The Kier molecular flexibility index (Phi) is 2.60. The van der Waals surface area contributed by atoms with Crippen LogP contribution in [0.15, 0.2) is 24.5 Å². The van der Waals surface area contributed by atoms with Crippen molar-refractivity contribution in [2.75, 3.05) is 6.54 Å². The van der Waals surface area contributed by atoms with E-state index in [9.17, 15) is 0 Å². The molecule has 0 bridgehead atoms. The number of aromatic nitrogens is 3. The Morgan fingerprint density at radius 3 is 2.80 bits per heavy atom. The van der Waals surface area contributed by atoms with Crippen LogP contribution in [0.2, 0.25) is 0 Å². The summed E-state index contributed by atoms with van der Waals surface area (Å²) < 4.78 is 3.94. The summed E-state index contributed by atoms with van der Waals surface area (Å²) in [5.74, 6) is 0. The molecule has 0 radical (unpaired) electrons. The molecule has 0 aromatic carbocycles. The van der Waals surface area contributed by atoms with E-state index in [0.717, 1.165) is 17.8 Å². The van der Waals surface area contributed by atoms with Gasteiger partial charge in [0, 0.05) is 38.5 Å². The molecule has 4 nitrogen and oxygen atoms in total. The van der Waals surface area contributed by atoms with Crippen LogP contribution < -0.4 is 5.73 Å². The second-order valence-electron chi connectivity index (χ2n) is 3.75. The van der Waals surface area contributed by atoms with Gasteiger partial charge in [0.25, 0.3) is 0 Å². The maximum absolute atomic E-state index is 5.51. The van der Waals surface area contributed by atoms with Crippen molar-refractivity contribution in [3.05, 3.63) is 30.2 Å². The van der Waals surface area contributed by atoms with E-state index in [1.165, 1.54) is 5.56 Å². The molecule has 0 aliphatic heterocycles. The molecule has 0 aliphatic rings. The zero-order chi connectivity index (χ0) is 10.8. The lowest BCUT2D eigenvalue weighted by Gasteiger charge is -1.96. The number of hydrogen-bond donors (Lipinski definition) is 1. The summed E-state index contributed by atoms with van der Waals surface area (Å²) >= 11 is 0. The molecule has 0 aliphatic carbocycles. The van der Waals surface area contributed by atoms with Crippen LogP contribution in [0.4, 0.5) is 0 Å². The van der Waals surface area contributed by atoms with Gasteiger partial charge in [-0.3, -0.25) is 4.68 Å². The van der Waals surface area contributed by atoms with E-state index in [1.807, 2.05) is 29.5 Å². The summed E-state index contributed by atoms with van der Waals surface area (Å²) in [6.45, 7) is 0.644. The summed E-state index contributed by atoms with van der Waals surface area (Å²) in [6.07, 6.45) is 4.95. The zero-order valence-corrected chi connectivity index (χ0v) is 9.14. The summed E-state index contributed by atoms with van der Waals surface area (Å²) in [6, 6.07) is 4.19. The van der Waals surface area contributed by atoms with Gasteiger partial charge in [-0.25, -0.2) is 0 Å². The van der Waals surface area contributed by atoms with Crippen LogP contribution in [0.3, 0.4) is 0 Å². The Morgan fingerprint density at radius 1 is 1.40 bits per heavy atom. The molecule has 0 fully saturated rings. The van der Waals surface area contributed by atoms with Gasteiger partial charge in [0.15, 0.2) is 0 Å². The molecule has 0 spiro atoms. The molecule has 0 unspecified atom stereocenters. The summed E-state index contributed by atoms with van der Waals surface area (Å²) in [4.78, 5) is 0. The van der Waals surface area contributed by atoms with Crippen molar-refractivity contribution < 1.29 is 0 Å². The lowest BCUT2D eigenvalue weighted by molar-refractivity contribution is 0.745. The van der Waals surface area contributed by atoms with E-state index < -0.39 is 0 Å². The number of hydrogen-bond acceptors (Lipinski definition) is 2. The molecule has 0 amide bonds. The van der Waals surface area contributed by atoms with Crippen LogP contribution in [0, 0.1) is 0 Å². The van der Waals surface area contributed by atoms with Gasteiger partial charge in [0.1, 0.15) is 0 Å². The molecule has 2 rings (SSSR count). The normalized spacial score (nSPS) is 10.9. The van der Waals surface area contributed by atoms with Gasteiger partial charge < -0.3 is 10.3 Å². The minimum absolute atomic E-state index is 0.644. The van der Waals surface area contributed by atoms with Gasteiger partial charge in [-0.15, -0.1) is 0 Å². The maximum Gasteiger partial charge on any atom is 0.0697 e. The van der Waals surface area contributed by atoms with E-state index in [-0.39, 0.29) is 0 Å². The molecule has 0 saturated heterocycles. The fraction of sp³-hybridized carbons (Fsp3) is 0.364. The van der Waals surface area contributed by atoms with Gasteiger partial charge in [0.05, 0.1) is 11.4 Å². The first-order valence-corrected chi connectivity index (χ1v) is 5.06. The topological polar surface area (TPSA) is 48.8 Å². The molecule has 4 heteroatoms. The van der Waals surface area contributed by atoms with E-state index >= 15 is 0 Å². The summed E-state index contributed by atoms with van der Waals surface area (Å²) in [5, 5.41) is 4.41. The van der Waals surface area contributed by atoms with Crippen LogP contribution in [-0.2, 0) is 20.5 Å². The van der Waals surface area contributed by atoms with Crippen molar-refractivity contribution in [3.8, 4) is 11.3 Å². The second-order valence-corrected chi connectivity index (χ2v) is 3.75. The zero-order valence-electron chi connectivity index (χ0n) is 9.14. The highest BCUT2D eigenvalue weighted by Gasteiger charge is 2.07. The number of nitrogens with two attached hydrogens (primary N) is 1. The van der Waals surface area contributed by atoms with E-state index in [0.29, 0.717) is 6.54 Å². The Morgan fingerprint density at radius 2 is 2.20 bits per heavy atom. The monoisotopic (exact) mass is 204 g/mol. The van der Waals surface area contributed by atoms with E-state index in [1.54, 1.807) is 0 Å². The molecule has 2 aromatic rings. The van der Waals surface area contributed by atoms with Crippen molar-refractivity contribution in [1.82, 2.24) is 14.3 Å². The largest absolute Gasteiger partial charge is 0.357 e. The fourth-order valence-corrected chi connectivity index (χ4v) is 1.72. The minimum Gasteiger partial charge on any atom is -0.357 e. The summed E-state index contributed by atoms with van der Waals surface area (Å²) in [5.41, 5.74) is 8.89. The molecule has 0 saturated carbocycles. The Bertz CT molecular complexity index is 453. The van der Waals surface area contributed by atoms with Crippen LogP contribution >= 0.6 is 0 Å². The number of rotatable bonds is 3. The first kappa shape index (κ1) is 9.98. The molecular weight excluding hydrogens is 188 g/mol. The predicted octanol–water partition coefficient (Wildman–Crippen LogP) is 0.927. The average molecular weight is 204 g/mol. The first-order valence-electron chi connectivity index (χ1n) is 5.06. The highest BCUT2D eigenvalue weighted by molar-refractivity contribution is 5.59. The lowest BCUT2D eigenvalue weighted by atomic mass is 10.2. The third-order valence-electron chi connectivity index (χ3n) is 2.46. The minimum atomic E-state index is 0.644. The van der Waals surface area contributed by atoms with Gasteiger partial charge >= 0.3 is 0 Å². The SMILES string of the molecule is Cn1ccc(-c2cc(CCN)nn2C)c1. The van der Waals surface area contributed by atoms with Crippen LogP contribution in [0.25, 0.3) is 11.3 Å². The molecule has 0 atom stereocenters. The summed E-state index contributed by atoms with van der Waals surface area (Å²) in [7, 11) is 3.98. The van der Waals surface area contributed by atoms with Crippen molar-refractivity contribution in [3.63, 3.8) is 0 Å². The second kappa shape index (κ2) is 3.90. The maximum atomic E-state index is 5.51. The molecule has 2 heterocycles. The number of nitrogens with zero attached hydrogens (tertiary/aromatic N) is 3. The van der Waals surface area contributed by atoms with Crippen LogP contribution in [0.5, 0.6) is 0 Å². The Labute approximate surface area is 89.3 Å². The first-order chi connectivity index (χ1) is 7.20. The van der Waals surface area contributed by atoms with Gasteiger partial charge in [0.2, 0.25) is 0 Å². The van der Waals surface area contributed by atoms with Gasteiger partial charge in [-0.1, -0.05) is 0 Å². The van der Waals surface area contributed by atoms with Crippen molar-refractivity contribution in [2.45, 2.75) is 6.42 Å². The predicted molar refractivity (Wildman–Crippen MR) is 60.4 cm³/mol. The highest BCUT2D eigenvalue weighted by atomic mass is 15.3. The van der Waals surface area contributed by atoms with Crippen LogP contribution in [-0.4, -0.2) is 20.9 Å². The van der Waals surface area contributed by atoms with Gasteiger partial charge in [-0.05, 0) is 18.7 Å². The van der Waals surface area contributed by atoms with Crippen LogP contribution in [0.1, 0.15) is 5.69 Å². The van der Waals surface area contributed by atoms with Crippen molar-refractivity contribution in [2.24, 2.45) is 19.8 Å². The Hall–Kier alpha value is -1.55. The smallest absolute Gasteiger partial charge is 0.0697 e. The quantitative estimate of drug-likeness (QED) is 0.808. The average Bonchev–Trinajstić information content (AvgIpc) is 2.73. The van der Waals surface area contributed by atoms with Gasteiger partial charge in [-0.2, -0.15) is 5.10 Å².